The summed E-state index contributed by atoms with van der Waals surface area (Å²) < 4.78 is 0. The minimum absolute atomic E-state index is 0.240. The van der Waals surface area contributed by atoms with Gasteiger partial charge in [0.2, 0.25) is 0 Å². The van der Waals surface area contributed by atoms with Crippen LogP contribution in [0.25, 0.3) is 0 Å². The number of amides is 2. The lowest BCUT2D eigenvalue weighted by atomic mass is 10.1. The van der Waals surface area contributed by atoms with E-state index < -0.39 is 0 Å². The molecular weight excluding hydrogens is 268 g/mol. The van der Waals surface area contributed by atoms with Crippen molar-refractivity contribution < 1.29 is 9.59 Å². The minimum Gasteiger partial charge on any atom is -0.368 e. The zero-order valence-corrected chi connectivity index (χ0v) is 11.5. The van der Waals surface area contributed by atoms with E-state index >= 15 is 0 Å². The predicted molar refractivity (Wildman–Crippen MR) is 77.1 cm³/mol. The van der Waals surface area contributed by atoms with Gasteiger partial charge in [-0.05, 0) is 19.1 Å². The molecule has 0 fully saturated rings. The maximum Gasteiger partial charge on any atom is 0.261 e. The highest BCUT2D eigenvalue weighted by atomic mass is 16.2. The van der Waals surface area contributed by atoms with Gasteiger partial charge in [0.1, 0.15) is 12.1 Å². The van der Waals surface area contributed by atoms with Crippen molar-refractivity contribution in [1.82, 2.24) is 14.9 Å². The van der Waals surface area contributed by atoms with Crippen molar-refractivity contribution in [2.24, 2.45) is 0 Å². The van der Waals surface area contributed by atoms with Gasteiger partial charge in [-0.25, -0.2) is 9.97 Å². The molecule has 106 valence electrons. The molecule has 1 aliphatic heterocycles. The van der Waals surface area contributed by atoms with Gasteiger partial charge in [0.15, 0.2) is 0 Å². The normalized spacial score (nSPS) is 13.5. The van der Waals surface area contributed by atoms with Crippen molar-refractivity contribution in [3.8, 4) is 0 Å². The lowest BCUT2D eigenvalue weighted by Gasteiger charge is -2.14. The summed E-state index contributed by atoms with van der Waals surface area (Å²) in [6.45, 7) is 2.62. The number of hydrogen-bond donors (Lipinski definition) is 1. The first-order chi connectivity index (χ1) is 10.2. The molecule has 6 nitrogen and oxygen atoms in total. The van der Waals surface area contributed by atoms with E-state index in [0.29, 0.717) is 30.0 Å². The monoisotopic (exact) mass is 282 g/mol. The maximum absolute atomic E-state index is 12.2. The number of nitrogens with one attached hydrogen (secondary N) is 1. The Morgan fingerprint density at radius 2 is 1.76 bits per heavy atom. The van der Waals surface area contributed by atoms with Gasteiger partial charge in [0.25, 0.3) is 11.8 Å². The summed E-state index contributed by atoms with van der Waals surface area (Å²) in [6, 6.07) is 8.68. The van der Waals surface area contributed by atoms with Crippen LogP contribution in [0.3, 0.4) is 0 Å². The second-order valence-corrected chi connectivity index (χ2v) is 4.78. The molecule has 1 N–H and O–H groups in total. The first kappa shape index (κ1) is 13.2. The third-order valence-electron chi connectivity index (χ3n) is 3.32. The molecule has 3 rings (SSSR count). The summed E-state index contributed by atoms with van der Waals surface area (Å²) in [6.07, 6.45) is 1.47. The summed E-state index contributed by atoms with van der Waals surface area (Å²) in [5, 5.41) is 3.08. The summed E-state index contributed by atoms with van der Waals surface area (Å²) >= 11 is 0. The van der Waals surface area contributed by atoms with E-state index in [1.165, 1.54) is 11.2 Å². The van der Waals surface area contributed by atoms with E-state index in [1.54, 1.807) is 24.3 Å². The molecule has 2 amide bonds. The third kappa shape index (κ3) is 2.47. The Morgan fingerprint density at radius 1 is 1.10 bits per heavy atom. The Hall–Kier alpha value is -2.76. The van der Waals surface area contributed by atoms with Crippen LogP contribution in [0.2, 0.25) is 0 Å². The molecule has 0 saturated heterocycles. The van der Waals surface area contributed by atoms with Gasteiger partial charge in [-0.2, -0.15) is 0 Å². The van der Waals surface area contributed by atoms with Crippen molar-refractivity contribution in [2.45, 2.75) is 6.92 Å². The molecule has 2 aromatic rings. The summed E-state index contributed by atoms with van der Waals surface area (Å²) in [7, 11) is 0. The zero-order chi connectivity index (χ0) is 14.8. The predicted octanol–water partition coefficient (Wildman–Crippen LogP) is 1.49. The fourth-order valence-electron chi connectivity index (χ4n) is 2.29. The molecule has 0 radical (unpaired) electrons. The molecule has 0 unspecified atom stereocenters. The van der Waals surface area contributed by atoms with Gasteiger partial charge in [0, 0.05) is 24.8 Å². The van der Waals surface area contributed by atoms with Gasteiger partial charge in [-0.3, -0.25) is 14.5 Å². The second kappa shape index (κ2) is 5.32. The Kier molecular flexibility index (Phi) is 3.35. The second-order valence-electron chi connectivity index (χ2n) is 4.78. The van der Waals surface area contributed by atoms with Crippen LogP contribution in [0.5, 0.6) is 0 Å². The molecule has 1 aromatic heterocycles. The van der Waals surface area contributed by atoms with Crippen molar-refractivity contribution >= 4 is 17.6 Å². The van der Waals surface area contributed by atoms with Gasteiger partial charge >= 0.3 is 0 Å². The molecule has 6 heteroatoms. The molecule has 21 heavy (non-hydrogen) atoms. The standard InChI is InChI=1S/C15H14N4O2/c1-10-8-13(18-9-17-10)16-6-7-19-14(20)11-4-2-3-5-12(11)15(19)21/h2-5,8-9H,6-7H2,1H3,(H,16,17,18). The number of carbonyl (C=O) groups is 2. The number of imide groups is 1. The maximum atomic E-state index is 12.2. The first-order valence-electron chi connectivity index (χ1n) is 6.64. The minimum atomic E-state index is -0.240. The van der Waals surface area contributed by atoms with E-state index in [0.717, 1.165) is 5.69 Å². The highest BCUT2D eigenvalue weighted by molar-refractivity contribution is 6.21. The SMILES string of the molecule is Cc1cc(NCCN2C(=O)c3ccccc3C2=O)ncn1. The van der Waals surface area contributed by atoms with Crippen LogP contribution in [0, 0.1) is 6.92 Å². The first-order valence-corrected chi connectivity index (χ1v) is 6.64. The van der Waals surface area contributed by atoms with Gasteiger partial charge in [-0.1, -0.05) is 12.1 Å². The highest BCUT2D eigenvalue weighted by Crippen LogP contribution is 2.21. The number of benzene rings is 1. The quantitative estimate of drug-likeness (QED) is 0.860. The van der Waals surface area contributed by atoms with Gasteiger partial charge in [0.05, 0.1) is 11.1 Å². The summed E-state index contributed by atoms with van der Waals surface area (Å²) in [4.78, 5) is 33.6. The topological polar surface area (TPSA) is 75.2 Å². The Morgan fingerprint density at radius 3 is 2.38 bits per heavy atom. The fraction of sp³-hybridized carbons (Fsp3) is 0.200. The molecule has 0 aliphatic carbocycles. The van der Waals surface area contributed by atoms with E-state index in [1.807, 2.05) is 13.0 Å². The smallest absolute Gasteiger partial charge is 0.261 e. The average molecular weight is 282 g/mol. The molecular formula is C15H14N4O2. The number of aryl methyl sites for hydroxylation is 1. The van der Waals surface area contributed by atoms with Crippen LogP contribution in [0.4, 0.5) is 5.82 Å². The lowest BCUT2D eigenvalue weighted by Crippen LogP contribution is -2.34. The highest BCUT2D eigenvalue weighted by Gasteiger charge is 2.34. The van der Waals surface area contributed by atoms with Crippen LogP contribution in [0.1, 0.15) is 26.4 Å². The largest absolute Gasteiger partial charge is 0.368 e. The van der Waals surface area contributed by atoms with Crippen LogP contribution < -0.4 is 5.32 Å². The molecule has 0 bridgehead atoms. The Labute approximate surface area is 121 Å². The number of aromatic nitrogens is 2. The summed E-state index contributed by atoms with van der Waals surface area (Å²) in [5.74, 6) is 0.201. The number of nitrogens with zero attached hydrogens (tertiary/aromatic N) is 3. The van der Waals surface area contributed by atoms with Crippen LogP contribution >= 0.6 is 0 Å². The molecule has 0 atom stereocenters. The number of carbonyl (C=O) groups excluding carboxylic acids is 2. The van der Waals surface area contributed by atoms with Crippen molar-refractivity contribution in [3.05, 3.63) is 53.5 Å². The number of hydrogen-bond acceptors (Lipinski definition) is 5. The van der Waals surface area contributed by atoms with E-state index in [9.17, 15) is 9.59 Å². The lowest BCUT2D eigenvalue weighted by molar-refractivity contribution is 0.0660. The fourth-order valence-corrected chi connectivity index (χ4v) is 2.29. The van der Waals surface area contributed by atoms with Gasteiger partial charge in [-0.15, -0.1) is 0 Å². The third-order valence-corrected chi connectivity index (χ3v) is 3.32. The van der Waals surface area contributed by atoms with Crippen LogP contribution in [-0.4, -0.2) is 39.8 Å². The molecule has 1 aromatic carbocycles. The summed E-state index contributed by atoms with van der Waals surface area (Å²) in [5.41, 5.74) is 1.80. The Bertz CT molecular complexity index is 679. The van der Waals surface area contributed by atoms with E-state index in [2.05, 4.69) is 15.3 Å². The molecule has 0 spiro atoms. The number of rotatable bonds is 4. The number of anilines is 1. The molecule has 2 heterocycles. The van der Waals surface area contributed by atoms with E-state index in [4.69, 9.17) is 0 Å². The number of fused-ring (bicyclic) bond motifs is 1. The van der Waals surface area contributed by atoms with Gasteiger partial charge < -0.3 is 5.32 Å². The average Bonchev–Trinajstić information content (AvgIpc) is 2.73. The zero-order valence-electron chi connectivity index (χ0n) is 11.5. The van der Waals surface area contributed by atoms with Crippen LogP contribution in [-0.2, 0) is 0 Å². The van der Waals surface area contributed by atoms with Crippen molar-refractivity contribution in [1.29, 1.82) is 0 Å². The van der Waals surface area contributed by atoms with Crippen molar-refractivity contribution in [3.63, 3.8) is 0 Å². The van der Waals surface area contributed by atoms with Crippen molar-refractivity contribution in [2.75, 3.05) is 18.4 Å². The molecule has 1 aliphatic rings. The Balaban J connectivity index is 1.65. The molecule has 0 saturated carbocycles. The van der Waals surface area contributed by atoms with Crippen LogP contribution in [0.15, 0.2) is 36.7 Å². The van der Waals surface area contributed by atoms with E-state index in [-0.39, 0.29) is 11.8 Å².